The lowest BCUT2D eigenvalue weighted by Crippen LogP contribution is -2.54. The van der Waals surface area contributed by atoms with Crippen LogP contribution in [0.25, 0.3) is 0 Å². The second-order valence-electron chi connectivity index (χ2n) is 7.77. The molecule has 0 aromatic heterocycles. The van der Waals surface area contributed by atoms with Gasteiger partial charge in [0.05, 0.1) is 6.04 Å². The van der Waals surface area contributed by atoms with Gasteiger partial charge in [-0.05, 0) is 37.5 Å². The fourth-order valence-electron chi connectivity index (χ4n) is 2.63. The van der Waals surface area contributed by atoms with Crippen molar-refractivity contribution in [2.24, 2.45) is 34.0 Å². The van der Waals surface area contributed by atoms with E-state index in [0.717, 1.165) is 0 Å². The summed E-state index contributed by atoms with van der Waals surface area (Å²) >= 11 is 0. The van der Waals surface area contributed by atoms with Gasteiger partial charge in [0.15, 0.2) is 5.96 Å². The average Bonchev–Trinajstić information content (AvgIpc) is 2.55. The number of carbonyl (C=O) groups is 3. The first-order chi connectivity index (χ1) is 12.9. The molecule has 0 spiro atoms. The van der Waals surface area contributed by atoms with Gasteiger partial charge in [-0.2, -0.15) is 0 Å². The highest BCUT2D eigenvalue weighted by molar-refractivity contribution is 5.91. The van der Waals surface area contributed by atoms with Gasteiger partial charge >= 0.3 is 5.97 Å². The highest BCUT2D eigenvalue weighted by Gasteiger charge is 2.28. The summed E-state index contributed by atoms with van der Waals surface area (Å²) in [5, 5.41) is 14.5. The fourth-order valence-corrected chi connectivity index (χ4v) is 2.63. The van der Waals surface area contributed by atoms with Crippen LogP contribution in [0.1, 0.15) is 53.4 Å². The monoisotopic (exact) mass is 400 g/mol. The van der Waals surface area contributed by atoms with Gasteiger partial charge in [-0.25, -0.2) is 4.79 Å². The van der Waals surface area contributed by atoms with E-state index in [4.69, 9.17) is 17.2 Å². The third kappa shape index (κ3) is 11.4. The Morgan fingerprint density at radius 2 is 1.46 bits per heavy atom. The Kier molecular flexibility index (Phi) is 11.8. The van der Waals surface area contributed by atoms with E-state index in [1.165, 1.54) is 0 Å². The maximum Gasteiger partial charge on any atom is 0.326 e. The summed E-state index contributed by atoms with van der Waals surface area (Å²) in [4.78, 5) is 40.2. The largest absolute Gasteiger partial charge is 0.480 e. The van der Waals surface area contributed by atoms with Crippen LogP contribution in [0.4, 0.5) is 0 Å². The SMILES string of the molecule is CC(C)CC(N)C(=O)NC(CCCN=C(N)N)C(=O)NC(CC(C)C)C(=O)O. The summed E-state index contributed by atoms with van der Waals surface area (Å²) in [7, 11) is 0. The van der Waals surface area contributed by atoms with Crippen LogP contribution in [0.5, 0.6) is 0 Å². The van der Waals surface area contributed by atoms with Crippen LogP contribution in [0.3, 0.4) is 0 Å². The Labute approximate surface area is 166 Å². The molecular weight excluding hydrogens is 364 g/mol. The molecule has 28 heavy (non-hydrogen) atoms. The maximum absolute atomic E-state index is 12.6. The number of nitrogens with one attached hydrogen (secondary N) is 2. The van der Waals surface area contributed by atoms with Crippen molar-refractivity contribution in [3.8, 4) is 0 Å². The highest BCUT2D eigenvalue weighted by Crippen LogP contribution is 2.08. The summed E-state index contributed by atoms with van der Waals surface area (Å²) in [6.45, 7) is 7.89. The molecule has 0 radical (unpaired) electrons. The number of hydrogen-bond acceptors (Lipinski definition) is 5. The zero-order chi connectivity index (χ0) is 21.9. The lowest BCUT2D eigenvalue weighted by molar-refractivity contribution is -0.142. The molecular formula is C18H36N6O4. The number of guanidine groups is 1. The number of rotatable bonds is 13. The number of carbonyl (C=O) groups excluding carboxylic acids is 2. The molecule has 3 atom stereocenters. The van der Waals surface area contributed by atoms with Gasteiger partial charge in [-0.15, -0.1) is 0 Å². The van der Waals surface area contributed by atoms with E-state index < -0.39 is 35.9 Å². The van der Waals surface area contributed by atoms with Crippen LogP contribution in [0.2, 0.25) is 0 Å². The first-order valence-electron chi connectivity index (χ1n) is 9.58. The van der Waals surface area contributed by atoms with Crippen molar-refractivity contribution in [2.45, 2.75) is 71.5 Å². The van der Waals surface area contributed by atoms with Crippen LogP contribution >= 0.6 is 0 Å². The smallest absolute Gasteiger partial charge is 0.326 e. The molecule has 0 aliphatic carbocycles. The molecule has 0 fully saturated rings. The summed E-state index contributed by atoms with van der Waals surface area (Å²) in [6.07, 6.45) is 1.43. The lowest BCUT2D eigenvalue weighted by Gasteiger charge is -2.24. The minimum atomic E-state index is -1.12. The summed E-state index contributed by atoms with van der Waals surface area (Å²) < 4.78 is 0. The number of nitrogens with two attached hydrogens (primary N) is 3. The van der Waals surface area contributed by atoms with Crippen LogP contribution in [0.15, 0.2) is 4.99 Å². The first-order valence-corrected chi connectivity index (χ1v) is 9.58. The number of aliphatic carboxylic acids is 1. The number of amides is 2. The van der Waals surface area contributed by atoms with Crippen molar-refractivity contribution in [3.63, 3.8) is 0 Å². The molecule has 0 aliphatic rings. The van der Waals surface area contributed by atoms with E-state index in [2.05, 4.69) is 15.6 Å². The number of nitrogens with zero attached hydrogens (tertiary/aromatic N) is 1. The summed E-state index contributed by atoms with van der Waals surface area (Å²) in [6, 6.07) is -2.71. The van der Waals surface area contributed by atoms with Gasteiger partial charge in [-0.3, -0.25) is 14.6 Å². The van der Waals surface area contributed by atoms with Gasteiger partial charge < -0.3 is 32.9 Å². The van der Waals surface area contributed by atoms with Crippen molar-refractivity contribution in [1.29, 1.82) is 0 Å². The maximum atomic E-state index is 12.6. The zero-order valence-corrected chi connectivity index (χ0v) is 17.3. The quantitative estimate of drug-likeness (QED) is 0.137. The van der Waals surface area contributed by atoms with Crippen molar-refractivity contribution < 1.29 is 19.5 Å². The van der Waals surface area contributed by atoms with Crippen molar-refractivity contribution in [1.82, 2.24) is 10.6 Å². The zero-order valence-electron chi connectivity index (χ0n) is 17.3. The van der Waals surface area contributed by atoms with Gasteiger partial charge in [0.1, 0.15) is 12.1 Å². The molecule has 0 saturated carbocycles. The highest BCUT2D eigenvalue weighted by atomic mass is 16.4. The molecule has 9 N–H and O–H groups in total. The Morgan fingerprint density at radius 3 is 1.93 bits per heavy atom. The molecule has 0 aliphatic heterocycles. The molecule has 0 saturated heterocycles. The van der Waals surface area contributed by atoms with E-state index >= 15 is 0 Å². The Morgan fingerprint density at radius 1 is 0.929 bits per heavy atom. The normalized spacial score (nSPS) is 14.2. The topological polar surface area (TPSA) is 186 Å². The molecule has 0 aromatic carbocycles. The van der Waals surface area contributed by atoms with Crippen LogP contribution < -0.4 is 27.8 Å². The molecule has 2 amide bonds. The second-order valence-corrected chi connectivity index (χ2v) is 7.77. The van der Waals surface area contributed by atoms with E-state index in [1.807, 2.05) is 27.7 Å². The van der Waals surface area contributed by atoms with Gasteiger partial charge in [0.25, 0.3) is 0 Å². The molecule has 0 heterocycles. The number of aliphatic imine (C=N–C) groups is 1. The molecule has 10 nitrogen and oxygen atoms in total. The number of carboxylic acid groups (broad SMARTS) is 1. The van der Waals surface area contributed by atoms with Crippen LogP contribution in [0, 0.1) is 11.8 Å². The molecule has 0 aromatic rings. The van der Waals surface area contributed by atoms with E-state index in [-0.39, 0.29) is 37.2 Å². The molecule has 0 rings (SSSR count). The third-order valence-corrected chi connectivity index (χ3v) is 3.96. The van der Waals surface area contributed by atoms with Gasteiger partial charge in [0.2, 0.25) is 11.8 Å². The molecule has 3 unspecified atom stereocenters. The predicted octanol–water partition coefficient (Wildman–Crippen LogP) is -0.486. The summed E-state index contributed by atoms with van der Waals surface area (Å²) in [5.74, 6) is -1.90. The van der Waals surface area contributed by atoms with E-state index in [1.54, 1.807) is 0 Å². The van der Waals surface area contributed by atoms with Gasteiger partial charge in [-0.1, -0.05) is 27.7 Å². The van der Waals surface area contributed by atoms with Crippen molar-refractivity contribution >= 4 is 23.7 Å². The van der Waals surface area contributed by atoms with Crippen LogP contribution in [-0.4, -0.2) is 53.5 Å². The predicted molar refractivity (Wildman–Crippen MR) is 108 cm³/mol. The van der Waals surface area contributed by atoms with Gasteiger partial charge in [0, 0.05) is 6.54 Å². The molecule has 0 bridgehead atoms. The van der Waals surface area contributed by atoms with Crippen molar-refractivity contribution in [2.75, 3.05) is 6.54 Å². The molecule has 162 valence electrons. The Balaban J connectivity index is 5.12. The number of carboxylic acids is 1. The third-order valence-electron chi connectivity index (χ3n) is 3.96. The summed E-state index contributed by atoms with van der Waals surface area (Å²) in [5.41, 5.74) is 16.4. The molecule has 10 heteroatoms. The van der Waals surface area contributed by atoms with Crippen molar-refractivity contribution in [3.05, 3.63) is 0 Å². The Hall–Kier alpha value is -2.36. The first kappa shape index (κ1) is 25.6. The minimum absolute atomic E-state index is 0.0631. The Bertz CT molecular complexity index is 546. The van der Waals surface area contributed by atoms with E-state index in [0.29, 0.717) is 12.8 Å². The van der Waals surface area contributed by atoms with Crippen LogP contribution in [-0.2, 0) is 14.4 Å². The number of hydrogen-bond donors (Lipinski definition) is 6. The van der Waals surface area contributed by atoms with E-state index in [9.17, 15) is 19.5 Å². The standard InChI is InChI=1S/C18H36N6O4/c1-10(2)8-12(19)15(25)23-13(6-5-7-22-18(20)21)16(26)24-14(17(27)28)9-11(3)4/h10-14H,5-9,19H2,1-4H3,(H,23,25)(H,24,26)(H,27,28)(H4,20,21,22). The lowest BCUT2D eigenvalue weighted by atomic mass is 10.0. The minimum Gasteiger partial charge on any atom is -0.480 e. The fraction of sp³-hybridized carbons (Fsp3) is 0.778. The second kappa shape index (κ2) is 12.9. The average molecular weight is 401 g/mol.